The van der Waals surface area contributed by atoms with Crippen molar-refractivity contribution in [3.05, 3.63) is 0 Å². The Morgan fingerprint density at radius 3 is 2.58 bits per heavy atom. The third-order valence-corrected chi connectivity index (χ3v) is 4.30. The van der Waals surface area contributed by atoms with Crippen molar-refractivity contribution in [3.8, 4) is 0 Å². The Morgan fingerprint density at radius 2 is 1.95 bits per heavy atom. The van der Waals surface area contributed by atoms with Gasteiger partial charge in [-0.2, -0.15) is 0 Å². The quantitative estimate of drug-likeness (QED) is 0.810. The topological polar surface area (TPSA) is 35.9 Å². The number of hydrogen-bond donors (Lipinski definition) is 1. The highest BCUT2D eigenvalue weighted by Crippen LogP contribution is 2.20. The van der Waals surface area contributed by atoms with Gasteiger partial charge in [0.05, 0.1) is 18.8 Å². The van der Waals surface area contributed by atoms with Gasteiger partial charge in [0.1, 0.15) is 0 Å². The highest BCUT2D eigenvalue weighted by Gasteiger charge is 2.29. The van der Waals surface area contributed by atoms with Gasteiger partial charge in [0.25, 0.3) is 0 Å². The lowest BCUT2D eigenvalue weighted by Crippen LogP contribution is -2.48. The molecule has 2 heterocycles. The van der Waals surface area contributed by atoms with Gasteiger partial charge in [-0.1, -0.05) is 13.8 Å². The summed E-state index contributed by atoms with van der Waals surface area (Å²) < 4.78 is 5.90. The van der Waals surface area contributed by atoms with E-state index in [-0.39, 0.29) is 6.10 Å². The lowest BCUT2D eigenvalue weighted by atomic mass is 10.0. The van der Waals surface area contributed by atoms with Crippen LogP contribution in [0.15, 0.2) is 0 Å². The van der Waals surface area contributed by atoms with Crippen LogP contribution in [0.25, 0.3) is 0 Å². The van der Waals surface area contributed by atoms with Gasteiger partial charge in [0, 0.05) is 32.7 Å². The molecule has 0 aromatic heterocycles. The second-order valence-corrected chi connectivity index (χ2v) is 6.70. The van der Waals surface area contributed by atoms with Crippen molar-refractivity contribution in [2.24, 2.45) is 11.8 Å². The molecule has 0 aromatic carbocycles. The highest BCUT2D eigenvalue weighted by atomic mass is 16.5. The van der Waals surface area contributed by atoms with Crippen LogP contribution in [0, 0.1) is 11.8 Å². The standard InChI is InChI=1S/C15H30N2O2/c1-12(2)8-17-6-7-19-15(11-17)10-16-5-4-14(9-16)13(3)18/h12-15,18H,4-11H2,1-3H3. The first-order valence-electron chi connectivity index (χ1n) is 7.79. The Kier molecular flexibility index (Phi) is 5.63. The third-order valence-electron chi connectivity index (χ3n) is 4.30. The molecule has 4 nitrogen and oxygen atoms in total. The van der Waals surface area contributed by atoms with Gasteiger partial charge in [-0.25, -0.2) is 0 Å². The Morgan fingerprint density at radius 1 is 1.16 bits per heavy atom. The molecule has 2 aliphatic heterocycles. The lowest BCUT2D eigenvalue weighted by Gasteiger charge is -2.35. The first kappa shape index (κ1) is 15.2. The molecule has 0 aliphatic carbocycles. The van der Waals surface area contributed by atoms with Gasteiger partial charge in [0.15, 0.2) is 0 Å². The molecule has 4 heteroatoms. The van der Waals surface area contributed by atoms with Gasteiger partial charge in [-0.3, -0.25) is 4.90 Å². The molecule has 0 saturated carbocycles. The molecule has 2 saturated heterocycles. The van der Waals surface area contributed by atoms with Crippen LogP contribution in [0.3, 0.4) is 0 Å². The third kappa shape index (κ3) is 4.71. The van der Waals surface area contributed by atoms with Crippen LogP contribution < -0.4 is 0 Å². The van der Waals surface area contributed by atoms with Crippen LogP contribution in [-0.4, -0.2) is 73.0 Å². The van der Waals surface area contributed by atoms with Crippen LogP contribution in [-0.2, 0) is 4.74 Å². The number of morpholine rings is 1. The zero-order valence-electron chi connectivity index (χ0n) is 12.7. The number of rotatable bonds is 5. The molecule has 1 N–H and O–H groups in total. The predicted octanol–water partition coefficient (Wildman–Crippen LogP) is 1.05. The largest absolute Gasteiger partial charge is 0.393 e. The molecule has 19 heavy (non-hydrogen) atoms. The Hall–Kier alpha value is -0.160. The van der Waals surface area contributed by atoms with Gasteiger partial charge < -0.3 is 14.7 Å². The number of likely N-dealkylation sites (tertiary alicyclic amines) is 1. The molecular weight excluding hydrogens is 240 g/mol. The van der Waals surface area contributed by atoms with Crippen molar-refractivity contribution in [2.75, 3.05) is 45.9 Å². The summed E-state index contributed by atoms with van der Waals surface area (Å²) >= 11 is 0. The molecule has 2 aliphatic rings. The minimum absolute atomic E-state index is 0.172. The average Bonchev–Trinajstić information content (AvgIpc) is 2.77. The van der Waals surface area contributed by atoms with E-state index in [1.165, 1.54) is 6.54 Å². The summed E-state index contributed by atoms with van der Waals surface area (Å²) in [5, 5.41) is 9.65. The van der Waals surface area contributed by atoms with Crippen molar-refractivity contribution in [1.29, 1.82) is 0 Å². The Labute approximate surface area is 117 Å². The van der Waals surface area contributed by atoms with Crippen molar-refractivity contribution >= 4 is 0 Å². The Balaban J connectivity index is 1.74. The number of hydrogen-bond acceptors (Lipinski definition) is 4. The molecule has 112 valence electrons. The molecule has 0 amide bonds. The summed E-state index contributed by atoms with van der Waals surface area (Å²) in [6, 6.07) is 0. The minimum Gasteiger partial charge on any atom is -0.393 e. The molecule has 3 unspecified atom stereocenters. The fraction of sp³-hybridized carbons (Fsp3) is 1.00. The molecule has 0 radical (unpaired) electrons. The van der Waals surface area contributed by atoms with E-state index in [2.05, 4.69) is 23.6 Å². The second-order valence-electron chi connectivity index (χ2n) is 6.70. The van der Waals surface area contributed by atoms with Crippen molar-refractivity contribution in [3.63, 3.8) is 0 Å². The number of aliphatic hydroxyl groups is 1. The smallest absolute Gasteiger partial charge is 0.0829 e. The maximum Gasteiger partial charge on any atom is 0.0829 e. The second kappa shape index (κ2) is 7.02. The van der Waals surface area contributed by atoms with Crippen LogP contribution in [0.1, 0.15) is 27.2 Å². The van der Waals surface area contributed by atoms with Crippen LogP contribution in [0.5, 0.6) is 0 Å². The number of aliphatic hydroxyl groups excluding tert-OH is 1. The molecule has 2 fully saturated rings. The van der Waals surface area contributed by atoms with Crippen LogP contribution >= 0.6 is 0 Å². The highest BCUT2D eigenvalue weighted by molar-refractivity contribution is 4.82. The van der Waals surface area contributed by atoms with Gasteiger partial charge in [-0.15, -0.1) is 0 Å². The van der Waals surface area contributed by atoms with E-state index in [9.17, 15) is 5.11 Å². The summed E-state index contributed by atoms with van der Waals surface area (Å²) in [7, 11) is 0. The molecular formula is C15H30N2O2. The zero-order valence-corrected chi connectivity index (χ0v) is 12.7. The molecule has 3 atom stereocenters. The van der Waals surface area contributed by atoms with Crippen molar-refractivity contribution < 1.29 is 9.84 Å². The normalized spacial score (nSPS) is 32.1. The van der Waals surface area contributed by atoms with Crippen LogP contribution in [0.2, 0.25) is 0 Å². The van der Waals surface area contributed by atoms with E-state index < -0.39 is 0 Å². The van der Waals surface area contributed by atoms with E-state index in [0.717, 1.165) is 51.7 Å². The Bertz CT molecular complexity index is 271. The fourth-order valence-corrected chi connectivity index (χ4v) is 3.28. The lowest BCUT2D eigenvalue weighted by molar-refractivity contribution is -0.0444. The summed E-state index contributed by atoms with van der Waals surface area (Å²) in [5.74, 6) is 1.18. The van der Waals surface area contributed by atoms with E-state index in [1.54, 1.807) is 0 Å². The summed E-state index contributed by atoms with van der Waals surface area (Å²) in [6.07, 6.45) is 1.30. The SMILES string of the molecule is CC(C)CN1CCOC(CN2CCC(C(C)O)C2)C1. The van der Waals surface area contributed by atoms with Gasteiger partial charge in [0.2, 0.25) is 0 Å². The predicted molar refractivity (Wildman–Crippen MR) is 77.2 cm³/mol. The first-order chi connectivity index (χ1) is 9.04. The minimum atomic E-state index is -0.172. The molecule has 0 bridgehead atoms. The molecule has 0 aromatic rings. The van der Waals surface area contributed by atoms with E-state index in [1.807, 2.05) is 6.92 Å². The zero-order chi connectivity index (χ0) is 13.8. The summed E-state index contributed by atoms with van der Waals surface area (Å²) in [6.45, 7) is 13.8. The molecule has 0 spiro atoms. The van der Waals surface area contributed by atoms with Crippen LogP contribution in [0.4, 0.5) is 0 Å². The monoisotopic (exact) mass is 270 g/mol. The maximum absolute atomic E-state index is 9.65. The number of nitrogens with zero attached hydrogens (tertiary/aromatic N) is 2. The van der Waals surface area contributed by atoms with Gasteiger partial charge in [-0.05, 0) is 31.7 Å². The summed E-state index contributed by atoms with van der Waals surface area (Å²) in [5.41, 5.74) is 0. The summed E-state index contributed by atoms with van der Waals surface area (Å²) in [4.78, 5) is 4.99. The van der Waals surface area contributed by atoms with E-state index in [0.29, 0.717) is 12.0 Å². The van der Waals surface area contributed by atoms with Crippen molar-refractivity contribution in [2.45, 2.75) is 39.4 Å². The maximum atomic E-state index is 9.65. The fourth-order valence-electron chi connectivity index (χ4n) is 3.28. The number of ether oxygens (including phenoxy) is 1. The van der Waals surface area contributed by atoms with Gasteiger partial charge >= 0.3 is 0 Å². The van der Waals surface area contributed by atoms with E-state index in [4.69, 9.17) is 4.74 Å². The first-order valence-corrected chi connectivity index (χ1v) is 7.79. The average molecular weight is 270 g/mol. The van der Waals surface area contributed by atoms with E-state index >= 15 is 0 Å². The van der Waals surface area contributed by atoms with Crippen molar-refractivity contribution in [1.82, 2.24) is 9.80 Å². The molecule has 2 rings (SSSR count).